The Kier molecular flexibility index (Phi) is 5.96. The number of nitrogens with one attached hydrogen (secondary N) is 2. The molecule has 0 saturated carbocycles. The maximum Gasteiger partial charge on any atom is 0.251 e. The van der Waals surface area contributed by atoms with Crippen molar-refractivity contribution in [1.29, 1.82) is 0 Å². The van der Waals surface area contributed by atoms with E-state index in [9.17, 15) is 9.18 Å². The Balaban J connectivity index is 1.61. The minimum Gasteiger partial charge on any atom is -0.480 e. The van der Waals surface area contributed by atoms with Gasteiger partial charge in [0.2, 0.25) is 0 Å². The molecule has 192 valence electrons. The maximum absolute atomic E-state index is 16.2. The van der Waals surface area contributed by atoms with Gasteiger partial charge in [0.25, 0.3) is 5.91 Å². The summed E-state index contributed by atoms with van der Waals surface area (Å²) in [6, 6.07) is 12.3. The molecule has 4 nitrogen and oxygen atoms in total. The smallest absolute Gasteiger partial charge is 0.251 e. The van der Waals surface area contributed by atoms with Crippen LogP contribution in [0.25, 0.3) is 11.1 Å². The fraction of sp³-hybridized carbons (Fsp3) is 0.345. The van der Waals surface area contributed by atoms with Gasteiger partial charge in [-0.15, -0.1) is 0 Å². The summed E-state index contributed by atoms with van der Waals surface area (Å²) >= 11 is 6.56. The van der Waals surface area contributed by atoms with E-state index >= 15 is 8.78 Å². The van der Waals surface area contributed by atoms with Crippen LogP contribution in [0.3, 0.4) is 0 Å². The molecule has 1 aliphatic carbocycles. The third kappa shape index (κ3) is 3.66. The van der Waals surface area contributed by atoms with Crippen molar-refractivity contribution in [3.05, 3.63) is 86.9 Å². The third-order valence-electron chi connectivity index (χ3n) is 8.01. The first kappa shape index (κ1) is 24.3. The van der Waals surface area contributed by atoms with Crippen molar-refractivity contribution in [1.82, 2.24) is 10.6 Å². The number of hydrogen-bond acceptors (Lipinski definition) is 3. The molecule has 1 saturated heterocycles. The number of halogens is 4. The first-order valence-corrected chi connectivity index (χ1v) is 12.9. The van der Waals surface area contributed by atoms with Gasteiger partial charge in [0.05, 0.1) is 16.6 Å². The van der Waals surface area contributed by atoms with Crippen molar-refractivity contribution in [3.63, 3.8) is 0 Å². The van der Waals surface area contributed by atoms with Crippen LogP contribution in [-0.2, 0) is 18.4 Å². The van der Waals surface area contributed by atoms with Crippen molar-refractivity contribution in [2.24, 2.45) is 0 Å². The SMILES string of the molecule is CNC(=O)c1cc2c(c(F)c1-c1c(Cl)c(F)cc3c1C[C@](c1ccccc1)([C@@H]1CCCN1)O3)CCC2F. The number of alkyl halides is 1. The van der Waals surface area contributed by atoms with Crippen LogP contribution in [0.5, 0.6) is 5.75 Å². The lowest BCUT2D eigenvalue weighted by molar-refractivity contribution is 0.0539. The molecule has 3 aliphatic rings. The second kappa shape index (κ2) is 9.07. The molecular weight excluding hydrogens is 501 g/mol. The highest BCUT2D eigenvalue weighted by atomic mass is 35.5. The molecule has 2 N–H and O–H groups in total. The van der Waals surface area contributed by atoms with Crippen LogP contribution in [0.2, 0.25) is 5.02 Å². The first-order chi connectivity index (χ1) is 17.9. The van der Waals surface area contributed by atoms with Gasteiger partial charge in [-0.2, -0.15) is 0 Å². The molecule has 1 fully saturated rings. The summed E-state index contributed by atoms with van der Waals surface area (Å²) in [6.45, 7) is 0.825. The van der Waals surface area contributed by atoms with Gasteiger partial charge in [0.15, 0.2) is 5.60 Å². The standard InChI is InChI=1S/C29H26ClF3N2O2/c1-34-28(36)18-12-17-16(9-10-20(17)31)27(33)25(18)24-19-14-29(23-8-5-11-35-23,15-6-3-2-4-7-15)37-22(19)13-21(32)26(24)30/h2-4,6-7,12-13,20,23,35H,5,8-11,14H2,1H3,(H,34,36)/t20?,23-,29-/m0/s1. The van der Waals surface area contributed by atoms with E-state index in [1.54, 1.807) is 0 Å². The normalized spacial score (nSPS) is 24.0. The maximum atomic E-state index is 16.2. The predicted molar refractivity (Wildman–Crippen MR) is 136 cm³/mol. The Morgan fingerprint density at radius 3 is 2.62 bits per heavy atom. The Bertz CT molecular complexity index is 1410. The van der Waals surface area contributed by atoms with Gasteiger partial charge in [-0.05, 0) is 55.0 Å². The van der Waals surface area contributed by atoms with Crippen molar-refractivity contribution < 1.29 is 22.7 Å². The number of fused-ring (bicyclic) bond motifs is 2. The number of ether oxygens (including phenoxy) is 1. The molecule has 3 aromatic carbocycles. The lowest BCUT2D eigenvalue weighted by atomic mass is 9.80. The van der Waals surface area contributed by atoms with E-state index < -0.39 is 29.3 Å². The van der Waals surface area contributed by atoms with Gasteiger partial charge in [-0.25, -0.2) is 13.2 Å². The number of amides is 1. The summed E-state index contributed by atoms with van der Waals surface area (Å²) < 4.78 is 52.7. The van der Waals surface area contributed by atoms with Crippen LogP contribution in [-0.4, -0.2) is 25.5 Å². The predicted octanol–water partition coefficient (Wildman–Crippen LogP) is 6.18. The Labute approximate surface area is 218 Å². The summed E-state index contributed by atoms with van der Waals surface area (Å²) in [7, 11) is 1.41. The molecule has 0 aromatic heterocycles. The molecule has 1 unspecified atom stereocenters. The average molecular weight is 527 g/mol. The van der Waals surface area contributed by atoms with E-state index in [1.807, 2.05) is 30.3 Å². The van der Waals surface area contributed by atoms with Gasteiger partial charge in [0.1, 0.15) is 23.6 Å². The van der Waals surface area contributed by atoms with Crippen LogP contribution in [0.1, 0.15) is 58.0 Å². The van der Waals surface area contributed by atoms with E-state index in [4.69, 9.17) is 16.3 Å². The molecule has 6 rings (SSSR count). The van der Waals surface area contributed by atoms with Crippen LogP contribution >= 0.6 is 11.6 Å². The van der Waals surface area contributed by atoms with Crippen molar-refractivity contribution in [2.75, 3.05) is 13.6 Å². The molecule has 37 heavy (non-hydrogen) atoms. The van der Waals surface area contributed by atoms with Crippen molar-refractivity contribution in [2.45, 2.75) is 49.9 Å². The van der Waals surface area contributed by atoms with Crippen molar-refractivity contribution in [3.8, 4) is 16.9 Å². The highest BCUT2D eigenvalue weighted by molar-refractivity contribution is 6.34. The molecule has 0 radical (unpaired) electrons. The number of carbonyl (C=O) groups is 1. The van der Waals surface area contributed by atoms with Gasteiger partial charge >= 0.3 is 0 Å². The van der Waals surface area contributed by atoms with Crippen molar-refractivity contribution >= 4 is 17.5 Å². The molecular formula is C29H26ClF3N2O2. The Morgan fingerprint density at radius 1 is 1.14 bits per heavy atom. The van der Waals surface area contributed by atoms with Crippen LogP contribution < -0.4 is 15.4 Å². The van der Waals surface area contributed by atoms with Gasteiger partial charge < -0.3 is 15.4 Å². The molecule has 3 aromatic rings. The minimum atomic E-state index is -1.36. The number of benzene rings is 3. The molecule has 0 spiro atoms. The molecule has 0 bridgehead atoms. The first-order valence-electron chi connectivity index (χ1n) is 12.6. The second-order valence-corrected chi connectivity index (χ2v) is 10.4. The highest BCUT2D eigenvalue weighted by Gasteiger charge is 2.50. The van der Waals surface area contributed by atoms with E-state index in [1.165, 1.54) is 19.2 Å². The largest absolute Gasteiger partial charge is 0.480 e. The molecule has 3 atom stereocenters. The summed E-state index contributed by atoms with van der Waals surface area (Å²) in [5.74, 6) is -1.84. The van der Waals surface area contributed by atoms with E-state index in [-0.39, 0.29) is 57.5 Å². The number of rotatable bonds is 4. The zero-order valence-electron chi connectivity index (χ0n) is 20.3. The molecule has 8 heteroatoms. The monoisotopic (exact) mass is 526 g/mol. The topological polar surface area (TPSA) is 50.4 Å². The average Bonchev–Trinajstić information content (AvgIpc) is 3.65. The van der Waals surface area contributed by atoms with E-state index in [2.05, 4.69) is 10.6 Å². The molecule has 2 aliphatic heterocycles. The Morgan fingerprint density at radius 2 is 1.92 bits per heavy atom. The van der Waals surface area contributed by atoms with Crippen LogP contribution in [0, 0.1) is 11.6 Å². The summed E-state index contributed by atoms with van der Waals surface area (Å²) in [5.41, 5.74) is 0.847. The Hall–Kier alpha value is -3.03. The summed E-state index contributed by atoms with van der Waals surface area (Å²) in [5, 5.41) is 5.74. The fourth-order valence-electron chi connectivity index (χ4n) is 6.25. The van der Waals surface area contributed by atoms with Crippen LogP contribution in [0.15, 0.2) is 42.5 Å². The lowest BCUT2D eigenvalue weighted by Gasteiger charge is -2.35. The van der Waals surface area contributed by atoms with Gasteiger partial charge in [0, 0.05) is 36.2 Å². The third-order valence-corrected chi connectivity index (χ3v) is 8.38. The fourth-order valence-corrected chi connectivity index (χ4v) is 6.51. The van der Waals surface area contributed by atoms with Gasteiger partial charge in [-0.3, -0.25) is 4.79 Å². The summed E-state index contributed by atoms with van der Waals surface area (Å²) in [6.07, 6.45) is 1.07. The van der Waals surface area contributed by atoms with E-state index in [0.717, 1.165) is 24.9 Å². The summed E-state index contributed by atoms with van der Waals surface area (Å²) in [4.78, 5) is 12.9. The lowest BCUT2D eigenvalue weighted by Crippen LogP contribution is -2.48. The highest BCUT2D eigenvalue weighted by Crippen LogP contribution is 2.53. The number of hydrogen-bond donors (Lipinski definition) is 2. The van der Waals surface area contributed by atoms with E-state index in [0.29, 0.717) is 12.0 Å². The zero-order chi connectivity index (χ0) is 25.9. The second-order valence-electron chi connectivity index (χ2n) is 9.97. The minimum absolute atomic E-state index is 0.0624. The van der Waals surface area contributed by atoms with Crippen LogP contribution in [0.4, 0.5) is 13.2 Å². The molecule has 1 amide bonds. The van der Waals surface area contributed by atoms with Gasteiger partial charge in [-0.1, -0.05) is 41.9 Å². The zero-order valence-corrected chi connectivity index (χ0v) is 21.0. The number of carbonyl (C=O) groups excluding carboxylic acids is 1. The quantitative estimate of drug-likeness (QED) is 0.426. The molecule has 2 heterocycles.